The van der Waals surface area contributed by atoms with E-state index < -0.39 is 0 Å². The van der Waals surface area contributed by atoms with Gasteiger partial charge in [0.15, 0.2) is 0 Å². The quantitative estimate of drug-likeness (QED) is 0.755. The van der Waals surface area contributed by atoms with Gasteiger partial charge in [-0.3, -0.25) is 14.7 Å². The van der Waals surface area contributed by atoms with E-state index in [0.717, 1.165) is 27.8 Å². The molecule has 1 amide bonds. The van der Waals surface area contributed by atoms with E-state index in [1.165, 1.54) is 43.8 Å². The highest BCUT2D eigenvalue weighted by Crippen LogP contribution is 2.30. The van der Waals surface area contributed by atoms with Gasteiger partial charge >= 0.3 is 0 Å². The van der Waals surface area contributed by atoms with E-state index in [4.69, 9.17) is 0 Å². The smallest absolute Gasteiger partial charge is 0.271 e. The van der Waals surface area contributed by atoms with E-state index in [1.807, 2.05) is 30.5 Å². The molecule has 5 nitrogen and oxygen atoms in total. The van der Waals surface area contributed by atoms with Gasteiger partial charge in [-0.25, -0.2) is 0 Å². The predicted molar refractivity (Wildman–Crippen MR) is 108 cm³/mol. The topological polar surface area (TPSA) is 58.1 Å². The number of pyridine rings is 1. The van der Waals surface area contributed by atoms with Crippen molar-refractivity contribution < 1.29 is 4.79 Å². The summed E-state index contributed by atoms with van der Waals surface area (Å²) < 4.78 is 5.50. The van der Waals surface area contributed by atoms with Crippen LogP contribution < -0.4 is 5.32 Å². The number of carbonyl (C=O) groups excluding carboxylic acids is 1. The molecule has 3 aromatic rings. The van der Waals surface area contributed by atoms with E-state index in [-0.39, 0.29) is 11.9 Å². The number of amides is 1. The van der Waals surface area contributed by atoms with Gasteiger partial charge in [-0.05, 0) is 48.6 Å². The zero-order valence-corrected chi connectivity index (χ0v) is 15.9. The summed E-state index contributed by atoms with van der Waals surface area (Å²) >= 11 is 1.39. The van der Waals surface area contributed by atoms with Gasteiger partial charge in [0.25, 0.3) is 5.91 Å². The highest BCUT2D eigenvalue weighted by atomic mass is 32.1. The first-order valence-corrected chi connectivity index (χ1v) is 10.4. The van der Waals surface area contributed by atoms with E-state index in [2.05, 4.69) is 25.6 Å². The lowest BCUT2D eigenvalue weighted by atomic mass is 9.93. The van der Waals surface area contributed by atoms with Crippen molar-refractivity contribution in [2.45, 2.75) is 37.8 Å². The maximum absolute atomic E-state index is 12.8. The third kappa shape index (κ3) is 3.13. The van der Waals surface area contributed by atoms with Crippen LogP contribution in [0.15, 0.2) is 42.7 Å². The maximum atomic E-state index is 12.8. The van der Waals surface area contributed by atoms with Crippen LogP contribution in [0.4, 0.5) is 0 Å². The van der Waals surface area contributed by atoms with Crippen LogP contribution in [-0.2, 0) is 0 Å². The van der Waals surface area contributed by atoms with Crippen LogP contribution >= 0.6 is 11.5 Å². The summed E-state index contributed by atoms with van der Waals surface area (Å²) in [4.78, 5) is 19.5. The van der Waals surface area contributed by atoms with Gasteiger partial charge in [0, 0.05) is 35.9 Å². The van der Waals surface area contributed by atoms with Gasteiger partial charge in [-0.1, -0.05) is 31.0 Å². The van der Waals surface area contributed by atoms with Gasteiger partial charge in [0.05, 0.1) is 10.7 Å². The first kappa shape index (κ1) is 16.8. The first-order valence-electron chi connectivity index (χ1n) is 9.64. The summed E-state index contributed by atoms with van der Waals surface area (Å²) in [6.07, 6.45) is 8.68. The summed E-state index contributed by atoms with van der Waals surface area (Å²) in [6.45, 7) is 2.15. The molecular formula is C21H22N4OS. The summed E-state index contributed by atoms with van der Waals surface area (Å²) in [7, 11) is 0. The van der Waals surface area contributed by atoms with Crippen molar-refractivity contribution in [2.24, 2.45) is 0 Å². The molecule has 138 valence electrons. The molecule has 1 aromatic carbocycles. The van der Waals surface area contributed by atoms with Gasteiger partial charge in [-0.15, -0.1) is 0 Å². The number of carbonyl (C=O) groups is 1. The second-order valence-electron chi connectivity index (χ2n) is 7.48. The average Bonchev–Trinajstić information content (AvgIpc) is 3.03. The molecule has 2 aliphatic rings. The number of nitrogens with one attached hydrogen (secondary N) is 1. The summed E-state index contributed by atoms with van der Waals surface area (Å²) in [5.41, 5.74) is 2.72. The van der Waals surface area contributed by atoms with Crippen molar-refractivity contribution >= 4 is 27.5 Å². The number of rotatable bonds is 3. The molecule has 27 heavy (non-hydrogen) atoms. The predicted octanol–water partition coefficient (Wildman–Crippen LogP) is 3.71. The highest BCUT2D eigenvalue weighted by molar-refractivity contribution is 7.13. The lowest BCUT2D eigenvalue weighted by molar-refractivity contribution is 0.0410. The molecule has 5 rings (SSSR count). The number of aromatic nitrogens is 2. The Morgan fingerprint density at radius 1 is 1.19 bits per heavy atom. The molecule has 2 atom stereocenters. The molecule has 2 aliphatic heterocycles. The fourth-order valence-corrected chi connectivity index (χ4v) is 5.12. The second-order valence-corrected chi connectivity index (χ2v) is 8.28. The average molecular weight is 379 g/mol. The Kier molecular flexibility index (Phi) is 4.38. The van der Waals surface area contributed by atoms with Gasteiger partial charge in [0.2, 0.25) is 0 Å². The van der Waals surface area contributed by atoms with E-state index in [9.17, 15) is 4.79 Å². The monoisotopic (exact) mass is 378 g/mol. The zero-order valence-electron chi connectivity index (χ0n) is 15.1. The van der Waals surface area contributed by atoms with Crippen LogP contribution in [0.25, 0.3) is 21.2 Å². The number of hydrogen-bond donors (Lipinski definition) is 1. The van der Waals surface area contributed by atoms with E-state index in [1.54, 1.807) is 6.20 Å². The number of hydrogen-bond acceptors (Lipinski definition) is 5. The molecule has 0 aliphatic carbocycles. The maximum Gasteiger partial charge on any atom is 0.271 e. The number of nitrogens with zero attached hydrogens (tertiary/aromatic N) is 3. The summed E-state index contributed by atoms with van der Waals surface area (Å²) in [6, 6.07) is 10.9. The molecule has 1 N–H and O–H groups in total. The minimum atomic E-state index is -0.0377. The van der Waals surface area contributed by atoms with Crippen molar-refractivity contribution in [2.75, 3.05) is 13.1 Å². The SMILES string of the molecule is O=C(N[C@H]1CN2CCCCCC12)c1nsc2cc(-c3cccnc3)ccc12. The van der Waals surface area contributed by atoms with Crippen molar-refractivity contribution in [3.05, 3.63) is 48.4 Å². The standard InChI is InChI=1S/C21H22N4OS/c26-21(23-17-13-25-10-3-1-2-6-18(17)25)20-16-8-7-14(11-19(16)27-24-20)15-5-4-9-22-12-15/h4-5,7-9,11-12,17-18H,1-3,6,10,13H2,(H,23,26)/t17-,18?/m0/s1. The van der Waals surface area contributed by atoms with Gasteiger partial charge in [0.1, 0.15) is 5.69 Å². The molecule has 2 fully saturated rings. The van der Waals surface area contributed by atoms with Crippen LogP contribution in [0.1, 0.15) is 36.2 Å². The Labute approximate surface area is 162 Å². The van der Waals surface area contributed by atoms with Crippen LogP contribution in [-0.4, -0.2) is 45.3 Å². The summed E-state index contributed by atoms with van der Waals surface area (Å²) in [5.74, 6) is -0.0377. The third-order valence-corrected chi connectivity index (χ3v) is 6.62. The fourth-order valence-electron chi connectivity index (χ4n) is 4.31. The van der Waals surface area contributed by atoms with Crippen LogP contribution in [0, 0.1) is 0 Å². The molecule has 4 heterocycles. The molecule has 2 saturated heterocycles. The first-order chi connectivity index (χ1) is 13.3. The Hall–Kier alpha value is -2.31. The van der Waals surface area contributed by atoms with E-state index in [0.29, 0.717) is 11.7 Å². The molecule has 1 unspecified atom stereocenters. The number of fused-ring (bicyclic) bond motifs is 2. The molecule has 0 spiro atoms. The second kappa shape index (κ2) is 7.02. The normalized spacial score (nSPS) is 22.7. The van der Waals surface area contributed by atoms with Crippen molar-refractivity contribution in [3.63, 3.8) is 0 Å². The van der Waals surface area contributed by atoms with Crippen molar-refractivity contribution in [3.8, 4) is 11.1 Å². The largest absolute Gasteiger partial charge is 0.345 e. The van der Waals surface area contributed by atoms with E-state index >= 15 is 0 Å². The van der Waals surface area contributed by atoms with Crippen molar-refractivity contribution in [1.29, 1.82) is 0 Å². The third-order valence-electron chi connectivity index (χ3n) is 5.81. The minimum Gasteiger partial charge on any atom is -0.345 e. The van der Waals surface area contributed by atoms with Gasteiger partial charge in [-0.2, -0.15) is 4.37 Å². The molecule has 6 heteroatoms. The van der Waals surface area contributed by atoms with Crippen LogP contribution in [0.3, 0.4) is 0 Å². The number of benzene rings is 1. The molecule has 2 aromatic heterocycles. The minimum absolute atomic E-state index is 0.0377. The Balaban J connectivity index is 1.35. The molecular weight excluding hydrogens is 356 g/mol. The molecule has 0 saturated carbocycles. The molecule has 0 bridgehead atoms. The van der Waals surface area contributed by atoms with Crippen molar-refractivity contribution in [1.82, 2.24) is 19.6 Å². The van der Waals surface area contributed by atoms with Crippen LogP contribution in [0.2, 0.25) is 0 Å². The zero-order chi connectivity index (χ0) is 18.2. The highest BCUT2D eigenvalue weighted by Gasteiger charge is 2.40. The Morgan fingerprint density at radius 2 is 2.15 bits per heavy atom. The molecule has 0 radical (unpaired) electrons. The fraction of sp³-hybridized carbons (Fsp3) is 0.381. The lowest BCUT2D eigenvalue weighted by Crippen LogP contribution is -2.66. The van der Waals surface area contributed by atoms with Crippen LogP contribution in [0.5, 0.6) is 0 Å². The summed E-state index contributed by atoms with van der Waals surface area (Å²) in [5, 5.41) is 4.17. The Morgan fingerprint density at radius 3 is 3.04 bits per heavy atom. The lowest BCUT2D eigenvalue weighted by Gasteiger charge is -2.47. The van der Waals surface area contributed by atoms with Gasteiger partial charge < -0.3 is 5.32 Å². The Bertz CT molecular complexity index is 971.